The van der Waals surface area contributed by atoms with E-state index in [9.17, 15) is 9.59 Å². The van der Waals surface area contributed by atoms with Gasteiger partial charge in [0.2, 0.25) is 5.91 Å². The average Bonchev–Trinajstić information content (AvgIpc) is 2.67. The minimum absolute atomic E-state index is 0.0465. The lowest BCUT2D eigenvalue weighted by Crippen LogP contribution is -2.59. The first-order valence-corrected chi connectivity index (χ1v) is 9.12. The summed E-state index contributed by atoms with van der Waals surface area (Å²) in [6.45, 7) is 4.06. The molecule has 0 spiro atoms. The van der Waals surface area contributed by atoms with Crippen LogP contribution >= 0.6 is 0 Å². The first kappa shape index (κ1) is 17.9. The first-order chi connectivity index (χ1) is 12.1. The number of primary amides is 1. The number of carbonyl (C=O) groups is 2. The summed E-state index contributed by atoms with van der Waals surface area (Å²) in [4.78, 5) is 26.2. The Morgan fingerprint density at radius 1 is 1.04 bits per heavy atom. The monoisotopic (exact) mass is 345 g/mol. The van der Waals surface area contributed by atoms with Gasteiger partial charge in [-0.25, -0.2) is 0 Å². The van der Waals surface area contributed by atoms with Crippen LogP contribution in [0.25, 0.3) is 0 Å². The molecule has 25 heavy (non-hydrogen) atoms. The first-order valence-electron chi connectivity index (χ1n) is 9.12. The van der Waals surface area contributed by atoms with E-state index in [0.717, 1.165) is 39.1 Å². The molecule has 3 N–H and O–H groups in total. The highest BCUT2D eigenvalue weighted by molar-refractivity contribution is 5.97. The van der Waals surface area contributed by atoms with Crippen molar-refractivity contribution < 1.29 is 14.3 Å². The van der Waals surface area contributed by atoms with Crippen LogP contribution in [0.15, 0.2) is 24.3 Å². The molecular weight excluding hydrogens is 318 g/mol. The van der Waals surface area contributed by atoms with Gasteiger partial charge >= 0.3 is 0 Å². The van der Waals surface area contributed by atoms with E-state index in [-0.39, 0.29) is 11.4 Å². The Labute approximate surface area is 148 Å². The van der Waals surface area contributed by atoms with Crippen LogP contribution in [-0.4, -0.2) is 55.1 Å². The molecule has 0 unspecified atom stereocenters. The fourth-order valence-electron chi connectivity index (χ4n) is 3.99. The Morgan fingerprint density at radius 3 is 2.24 bits per heavy atom. The van der Waals surface area contributed by atoms with Crippen molar-refractivity contribution in [2.45, 2.75) is 37.6 Å². The standard InChI is InChI=1S/C19H27N3O3/c20-17(23)15-4-6-16(7-5-15)18(24)21-14-19(8-2-1-3-9-19)22-10-12-25-13-11-22/h4-7H,1-3,8-14H2,(H2,20,23)(H,21,24). The molecule has 0 bridgehead atoms. The number of nitrogens with zero attached hydrogens (tertiary/aromatic N) is 1. The lowest BCUT2D eigenvalue weighted by molar-refractivity contribution is -0.0361. The Hall–Kier alpha value is -1.92. The van der Waals surface area contributed by atoms with E-state index in [1.807, 2.05) is 0 Å². The van der Waals surface area contributed by atoms with E-state index in [2.05, 4.69) is 10.2 Å². The smallest absolute Gasteiger partial charge is 0.251 e. The fourth-order valence-corrected chi connectivity index (χ4v) is 3.99. The van der Waals surface area contributed by atoms with Crippen LogP contribution in [0.2, 0.25) is 0 Å². The molecule has 0 atom stereocenters. The van der Waals surface area contributed by atoms with Crippen LogP contribution in [-0.2, 0) is 4.74 Å². The molecule has 1 saturated carbocycles. The van der Waals surface area contributed by atoms with Gasteiger partial charge in [-0.05, 0) is 37.1 Å². The average molecular weight is 345 g/mol. The lowest BCUT2D eigenvalue weighted by atomic mass is 9.79. The van der Waals surface area contributed by atoms with Crippen molar-refractivity contribution in [1.82, 2.24) is 10.2 Å². The third-order valence-corrected chi connectivity index (χ3v) is 5.48. The van der Waals surface area contributed by atoms with Gasteiger partial charge < -0.3 is 15.8 Å². The molecular formula is C19H27N3O3. The summed E-state index contributed by atoms with van der Waals surface area (Å²) >= 11 is 0. The van der Waals surface area contributed by atoms with E-state index in [1.54, 1.807) is 24.3 Å². The molecule has 6 heteroatoms. The summed E-state index contributed by atoms with van der Waals surface area (Å²) in [6, 6.07) is 6.49. The van der Waals surface area contributed by atoms with Crippen molar-refractivity contribution in [3.63, 3.8) is 0 Å². The topological polar surface area (TPSA) is 84.7 Å². The predicted octanol–water partition coefficient (Wildman–Crippen LogP) is 1.55. The second kappa shape index (κ2) is 7.97. The highest BCUT2D eigenvalue weighted by Crippen LogP contribution is 2.33. The molecule has 2 aliphatic rings. The molecule has 1 aromatic carbocycles. The van der Waals surface area contributed by atoms with Crippen molar-refractivity contribution >= 4 is 11.8 Å². The highest BCUT2D eigenvalue weighted by atomic mass is 16.5. The highest BCUT2D eigenvalue weighted by Gasteiger charge is 2.38. The second-order valence-corrected chi connectivity index (χ2v) is 7.01. The maximum absolute atomic E-state index is 12.5. The van der Waals surface area contributed by atoms with Gasteiger partial charge in [0.1, 0.15) is 0 Å². The van der Waals surface area contributed by atoms with Gasteiger partial charge in [0, 0.05) is 36.3 Å². The van der Waals surface area contributed by atoms with Crippen molar-refractivity contribution in [3.05, 3.63) is 35.4 Å². The molecule has 136 valence electrons. The van der Waals surface area contributed by atoms with Crippen LogP contribution in [0.4, 0.5) is 0 Å². The summed E-state index contributed by atoms with van der Waals surface area (Å²) in [5.74, 6) is -0.588. The zero-order valence-corrected chi connectivity index (χ0v) is 14.6. The maximum Gasteiger partial charge on any atom is 0.251 e. The van der Waals surface area contributed by atoms with E-state index in [4.69, 9.17) is 10.5 Å². The molecule has 1 saturated heterocycles. The number of morpholine rings is 1. The third-order valence-electron chi connectivity index (χ3n) is 5.48. The van der Waals surface area contributed by atoms with Crippen LogP contribution in [0, 0.1) is 0 Å². The van der Waals surface area contributed by atoms with Crippen molar-refractivity contribution in [3.8, 4) is 0 Å². The largest absolute Gasteiger partial charge is 0.379 e. The summed E-state index contributed by atoms with van der Waals surface area (Å²) in [5, 5.41) is 3.12. The molecule has 2 fully saturated rings. The molecule has 3 rings (SSSR count). The molecule has 0 radical (unpaired) electrons. The Bertz CT molecular complexity index is 603. The molecule has 2 amide bonds. The van der Waals surface area contributed by atoms with Gasteiger partial charge in [0.25, 0.3) is 5.91 Å². The molecule has 1 aromatic rings. The normalized spacial score (nSPS) is 20.8. The molecule has 1 heterocycles. The number of nitrogens with two attached hydrogens (primary N) is 1. The fraction of sp³-hybridized carbons (Fsp3) is 0.579. The van der Waals surface area contributed by atoms with Gasteiger partial charge in [-0.1, -0.05) is 19.3 Å². The number of hydrogen-bond donors (Lipinski definition) is 2. The summed E-state index contributed by atoms with van der Waals surface area (Å²) < 4.78 is 5.49. The Kier molecular flexibility index (Phi) is 5.71. The van der Waals surface area contributed by atoms with Gasteiger partial charge in [0.05, 0.1) is 13.2 Å². The lowest BCUT2D eigenvalue weighted by Gasteiger charge is -2.48. The minimum atomic E-state index is -0.486. The van der Waals surface area contributed by atoms with E-state index >= 15 is 0 Å². The van der Waals surface area contributed by atoms with Crippen LogP contribution in [0.1, 0.15) is 52.8 Å². The van der Waals surface area contributed by atoms with Crippen molar-refractivity contribution in [2.75, 3.05) is 32.8 Å². The van der Waals surface area contributed by atoms with E-state index in [1.165, 1.54) is 19.3 Å². The third kappa shape index (κ3) is 4.19. The Balaban J connectivity index is 1.65. The van der Waals surface area contributed by atoms with Crippen molar-refractivity contribution in [1.29, 1.82) is 0 Å². The molecule has 6 nitrogen and oxygen atoms in total. The number of rotatable bonds is 5. The number of ether oxygens (including phenoxy) is 1. The quantitative estimate of drug-likeness (QED) is 0.848. The molecule has 1 aliphatic carbocycles. The van der Waals surface area contributed by atoms with E-state index in [0.29, 0.717) is 17.7 Å². The minimum Gasteiger partial charge on any atom is -0.379 e. The number of carbonyl (C=O) groups excluding carboxylic acids is 2. The number of hydrogen-bond acceptors (Lipinski definition) is 4. The van der Waals surface area contributed by atoms with Crippen LogP contribution in [0.5, 0.6) is 0 Å². The van der Waals surface area contributed by atoms with Crippen LogP contribution < -0.4 is 11.1 Å². The van der Waals surface area contributed by atoms with Gasteiger partial charge in [-0.2, -0.15) is 0 Å². The number of nitrogens with one attached hydrogen (secondary N) is 1. The van der Waals surface area contributed by atoms with Gasteiger partial charge in [-0.15, -0.1) is 0 Å². The summed E-state index contributed by atoms with van der Waals surface area (Å²) in [6.07, 6.45) is 5.93. The molecule has 1 aliphatic heterocycles. The molecule has 0 aromatic heterocycles. The SMILES string of the molecule is NC(=O)c1ccc(C(=O)NCC2(N3CCOCC3)CCCCC2)cc1. The second-order valence-electron chi connectivity index (χ2n) is 7.01. The van der Waals surface area contributed by atoms with Gasteiger partial charge in [-0.3, -0.25) is 14.5 Å². The van der Waals surface area contributed by atoms with Crippen molar-refractivity contribution in [2.24, 2.45) is 5.73 Å². The number of benzene rings is 1. The van der Waals surface area contributed by atoms with E-state index < -0.39 is 5.91 Å². The summed E-state index contributed by atoms with van der Waals surface area (Å²) in [7, 11) is 0. The van der Waals surface area contributed by atoms with Crippen LogP contribution in [0.3, 0.4) is 0 Å². The Morgan fingerprint density at radius 2 is 1.64 bits per heavy atom. The number of amides is 2. The summed E-state index contributed by atoms with van der Waals surface area (Å²) in [5.41, 5.74) is 6.25. The maximum atomic E-state index is 12.5. The predicted molar refractivity (Wildman–Crippen MR) is 95.5 cm³/mol. The van der Waals surface area contributed by atoms with Gasteiger partial charge in [0.15, 0.2) is 0 Å². The zero-order chi connectivity index (χ0) is 17.7. The zero-order valence-electron chi connectivity index (χ0n) is 14.6.